The predicted octanol–water partition coefficient (Wildman–Crippen LogP) is 1.59. The van der Waals surface area contributed by atoms with Gasteiger partial charge in [-0.25, -0.2) is 0 Å². The molecule has 0 aliphatic carbocycles. The molecule has 98 valence electrons. The number of nitrogens with one attached hydrogen (secondary N) is 1. The average Bonchev–Trinajstić information content (AvgIpc) is 2.25. The van der Waals surface area contributed by atoms with Crippen LogP contribution in [0.4, 0.5) is 0 Å². The maximum Gasteiger partial charge on any atom is 0.305 e. The van der Waals surface area contributed by atoms with Crippen molar-refractivity contribution in [2.24, 2.45) is 5.73 Å². The largest absolute Gasteiger partial charge is 0.481 e. The van der Waals surface area contributed by atoms with Crippen molar-refractivity contribution in [3.8, 4) is 0 Å². The molecule has 4 N–H and O–H groups in total. The van der Waals surface area contributed by atoms with Crippen LogP contribution in [0.2, 0.25) is 0 Å². The first-order valence-corrected chi connectivity index (χ1v) is 4.94. The van der Waals surface area contributed by atoms with Crippen molar-refractivity contribution in [3.63, 3.8) is 0 Å². The van der Waals surface area contributed by atoms with Crippen LogP contribution in [0, 0.1) is 0 Å². The number of carboxylic acid groups (broad SMARTS) is 1. The van der Waals surface area contributed by atoms with E-state index in [0.29, 0.717) is 13.1 Å². The molecule has 0 radical (unpaired) electrons. The van der Waals surface area contributed by atoms with Gasteiger partial charge < -0.3 is 16.2 Å². The number of carbonyl (C=O) groups is 1. The van der Waals surface area contributed by atoms with Gasteiger partial charge in [-0.15, -0.1) is 24.8 Å². The Balaban J connectivity index is 0. The van der Waals surface area contributed by atoms with E-state index >= 15 is 0 Å². The minimum Gasteiger partial charge on any atom is -0.481 e. The summed E-state index contributed by atoms with van der Waals surface area (Å²) in [4.78, 5) is 10.7. The van der Waals surface area contributed by atoms with Gasteiger partial charge in [0.25, 0.3) is 0 Å². The molecule has 6 heteroatoms. The van der Waals surface area contributed by atoms with Crippen LogP contribution in [0.5, 0.6) is 0 Å². The quantitative estimate of drug-likeness (QED) is 0.740. The summed E-state index contributed by atoms with van der Waals surface area (Å²) in [5.74, 6) is -0.812. The average molecular weight is 281 g/mol. The van der Waals surface area contributed by atoms with Crippen molar-refractivity contribution in [1.82, 2.24) is 5.32 Å². The third-order valence-electron chi connectivity index (χ3n) is 2.12. The van der Waals surface area contributed by atoms with Crippen LogP contribution in [-0.4, -0.2) is 24.2 Å². The Morgan fingerprint density at radius 1 is 1.29 bits per heavy atom. The number of aliphatic carboxylic acids is 1. The number of halogens is 2. The lowest BCUT2D eigenvalue weighted by molar-refractivity contribution is -0.137. The van der Waals surface area contributed by atoms with Crippen LogP contribution >= 0.6 is 24.8 Å². The molecule has 0 saturated carbocycles. The van der Waals surface area contributed by atoms with Crippen LogP contribution in [0.3, 0.4) is 0 Å². The van der Waals surface area contributed by atoms with E-state index in [0.717, 1.165) is 5.56 Å². The van der Waals surface area contributed by atoms with E-state index in [1.54, 1.807) is 0 Å². The Kier molecular flexibility index (Phi) is 11.3. The zero-order valence-corrected chi connectivity index (χ0v) is 11.0. The Morgan fingerprint density at radius 2 is 1.88 bits per heavy atom. The van der Waals surface area contributed by atoms with Gasteiger partial charge in [0.05, 0.1) is 6.42 Å². The summed E-state index contributed by atoms with van der Waals surface area (Å²) in [6, 6.07) is 9.37. The summed E-state index contributed by atoms with van der Waals surface area (Å²) in [6.07, 6.45) is 0.0734. The van der Waals surface area contributed by atoms with Crippen LogP contribution in [0.25, 0.3) is 0 Å². The van der Waals surface area contributed by atoms with Gasteiger partial charge in [0.2, 0.25) is 0 Å². The summed E-state index contributed by atoms with van der Waals surface area (Å²) in [7, 11) is 0. The molecular formula is C11H18Cl2N2O2. The SMILES string of the molecule is Cl.Cl.NCCNC(CC(=O)O)c1ccccc1. The molecule has 0 aliphatic rings. The van der Waals surface area contributed by atoms with Crippen molar-refractivity contribution in [2.45, 2.75) is 12.5 Å². The van der Waals surface area contributed by atoms with E-state index < -0.39 is 5.97 Å². The van der Waals surface area contributed by atoms with E-state index in [2.05, 4.69) is 5.32 Å². The summed E-state index contributed by atoms with van der Waals surface area (Å²) >= 11 is 0. The molecule has 1 aromatic rings. The van der Waals surface area contributed by atoms with E-state index in [4.69, 9.17) is 10.8 Å². The lowest BCUT2D eigenvalue weighted by Gasteiger charge is -2.16. The summed E-state index contributed by atoms with van der Waals surface area (Å²) in [5, 5.41) is 11.9. The molecule has 1 rings (SSSR count). The number of rotatable bonds is 6. The van der Waals surface area contributed by atoms with E-state index in [1.165, 1.54) is 0 Å². The number of carboxylic acids is 1. The topological polar surface area (TPSA) is 75.3 Å². The van der Waals surface area contributed by atoms with Gasteiger partial charge in [-0.3, -0.25) is 4.79 Å². The fourth-order valence-corrected chi connectivity index (χ4v) is 1.43. The minimum atomic E-state index is -0.812. The smallest absolute Gasteiger partial charge is 0.305 e. The number of benzene rings is 1. The van der Waals surface area contributed by atoms with Gasteiger partial charge in [-0.1, -0.05) is 30.3 Å². The molecule has 1 atom stereocenters. The Bertz CT molecular complexity index is 310. The summed E-state index contributed by atoms with van der Waals surface area (Å²) < 4.78 is 0. The van der Waals surface area contributed by atoms with Crippen molar-refractivity contribution < 1.29 is 9.90 Å². The number of nitrogens with two attached hydrogens (primary N) is 1. The summed E-state index contributed by atoms with van der Waals surface area (Å²) in [5.41, 5.74) is 6.36. The van der Waals surface area contributed by atoms with Crippen LogP contribution in [-0.2, 0) is 4.79 Å². The highest BCUT2D eigenvalue weighted by Gasteiger charge is 2.13. The van der Waals surface area contributed by atoms with Gasteiger partial charge in [0.1, 0.15) is 0 Å². The molecule has 1 unspecified atom stereocenters. The normalized spacial score (nSPS) is 10.9. The third-order valence-corrected chi connectivity index (χ3v) is 2.12. The molecule has 0 heterocycles. The minimum absolute atomic E-state index is 0. The van der Waals surface area contributed by atoms with Gasteiger partial charge in [0.15, 0.2) is 0 Å². The van der Waals surface area contributed by atoms with Gasteiger partial charge in [-0.2, -0.15) is 0 Å². The second kappa shape index (κ2) is 10.4. The molecule has 1 aromatic carbocycles. The lowest BCUT2D eigenvalue weighted by atomic mass is 10.0. The second-order valence-corrected chi connectivity index (χ2v) is 3.30. The van der Waals surface area contributed by atoms with Gasteiger partial charge in [-0.05, 0) is 5.56 Å². The Labute approximate surface area is 113 Å². The highest BCUT2D eigenvalue weighted by molar-refractivity contribution is 5.85. The molecule has 4 nitrogen and oxygen atoms in total. The molecule has 0 aromatic heterocycles. The maximum atomic E-state index is 10.7. The molecule has 0 saturated heterocycles. The van der Waals surface area contributed by atoms with Gasteiger partial charge in [0, 0.05) is 19.1 Å². The van der Waals surface area contributed by atoms with Crippen LogP contribution in [0.1, 0.15) is 18.0 Å². The number of hydrogen-bond donors (Lipinski definition) is 3. The van der Waals surface area contributed by atoms with Crippen molar-refractivity contribution in [2.75, 3.05) is 13.1 Å². The van der Waals surface area contributed by atoms with E-state index in [-0.39, 0.29) is 37.3 Å². The molecule has 0 spiro atoms. The maximum absolute atomic E-state index is 10.7. The standard InChI is InChI=1S/C11H16N2O2.2ClH/c12-6-7-13-10(8-11(14)15)9-4-2-1-3-5-9;;/h1-5,10,13H,6-8,12H2,(H,14,15);2*1H. The lowest BCUT2D eigenvalue weighted by Crippen LogP contribution is -2.28. The molecule has 0 aliphatic heterocycles. The summed E-state index contributed by atoms with van der Waals surface area (Å²) in [6.45, 7) is 1.12. The molecule has 0 bridgehead atoms. The zero-order chi connectivity index (χ0) is 11.1. The zero-order valence-electron chi connectivity index (χ0n) is 9.33. The van der Waals surface area contributed by atoms with Crippen molar-refractivity contribution in [1.29, 1.82) is 0 Å². The molecule has 0 amide bonds. The van der Waals surface area contributed by atoms with Crippen LogP contribution < -0.4 is 11.1 Å². The Hall–Kier alpha value is -0.810. The van der Waals surface area contributed by atoms with Crippen LogP contribution in [0.15, 0.2) is 30.3 Å². The monoisotopic (exact) mass is 280 g/mol. The first-order valence-electron chi connectivity index (χ1n) is 4.94. The fraction of sp³-hybridized carbons (Fsp3) is 0.364. The van der Waals surface area contributed by atoms with E-state index in [1.807, 2.05) is 30.3 Å². The fourth-order valence-electron chi connectivity index (χ4n) is 1.43. The van der Waals surface area contributed by atoms with Crippen molar-refractivity contribution in [3.05, 3.63) is 35.9 Å². The number of hydrogen-bond acceptors (Lipinski definition) is 3. The molecular weight excluding hydrogens is 263 g/mol. The van der Waals surface area contributed by atoms with Crippen molar-refractivity contribution >= 4 is 30.8 Å². The predicted molar refractivity (Wildman–Crippen MR) is 73.0 cm³/mol. The Morgan fingerprint density at radius 3 is 2.35 bits per heavy atom. The third kappa shape index (κ3) is 7.18. The first-order chi connectivity index (χ1) is 7.24. The highest BCUT2D eigenvalue weighted by Crippen LogP contribution is 2.15. The molecule has 0 fully saturated rings. The second-order valence-electron chi connectivity index (χ2n) is 3.30. The first kappa shape index (κ1) is 18.6. The van der Waals surface area contributed by atoms with Gasteiger partial charge >= 0.3 is 5.97 Å². The highest BCUT2D eigenvalue weighted by atomic mass is 35.5. The van der Waals surface area contributed by atoms with E-state index in [9.17, 15) is 4.79 Å². The molecule has 17 heavy (non-hydrogen) atoms.